The minimum absolute atomic E-state index is 0. The van der Waals surface area contributed by atoms with Crippen LogP contribution >= 0.6 is 12.4 Å². The Morgan fingerprint density at radius 1 is 0.824 bits per heavy atom. The van der Waals surface area contributed by atoms with Gasteiger partial charge in [-0.05, 0) is 57.2 Å². The van der Waals surface area contributed by atoms with Gasteiger partial charge in [0.05, 0.1) is 0 Å². The van der Waals surface area contributed by atoms with Crippen LogP contribution < -0.4 is 5.32 Å². The first-order valence-electron chi connectivity index (χ1n) is 7.38. The number of hydrogen-bond acceptors (Lipinski definition) is 2. The molecule has 0 aromatic rings. The van der Waals surface area contributed by atoms with E-state index in [1.807, 2.05) is 0 Å². The van der Waals surface area contributed by atoms with Gasteiger partial charge in [-0.25, -0.2) is 0 Å². The molecular weight excluding hydrogens is 232 g/mol. The van der Waals surface area contributed by atoms with Gasteiger partial charge in [-0.15, -0.1) is 12.4 Å². The second kappa shape index (κ2) is 6.40. The molecule has 0 radical (unpaired) electrons. The van der Waals surface area contributed by atoms with Crippen LogP contribution in [0.1, 0.15) is 44.9 Å². The lowest BCUT2D eigenvalue weighted by Gasteiger charge is -2.44. The number of likely N-dealkylation sites (tertiary alicyclic amines) is 1. The van der Waals surface area contributed by atoms with Gasteiger partial charge >= 0.3 is 0 Å². The summed E-state index contributed by atoms with van der Waals surface area (Å²) >= 11 is 0. The zero-order valence-corrected chi connectivity index (χ0v) is 11.7. The molecule has 0 aromatic carbocycles. The van der Waals surface area contributed by atoms with Crippen LogP contribution in [0.4, 0.5) is 0 Å². The highest BCUT2D eigenvalue weighted by Gasteiger charge is 2.33. The number of nitrogens with zero attached hydrogens (tertiary/aromatic N) is 1. The molecule has 3 fully saturated rings. The molecule has 3 rings (SSSR count). The van der Waals surface area contributed by atoms with Crippen molar-refractivity contribution in [2.24, 2.45) is 11.8 Å². The lowest BCUT2D eigenvalue weighted by atomic mass is 9.72. The number of halogens is 1. The molecule has 2 aliphatic heterocycles. The van der Waals surface area contributed by atoms with Gasteiger partial charge in [0.2, 0.25) is 0 Å². The standard InChI is InChI=1S/C14H26N2.ClH/c1-3-12(4-1)13-5-2-10-16(11-13)14-6-8-15-9-7-14;/h12-15H,1-11H2;1H. The first-order valence-corrected chi connectivity index (χ1v) is 7.38. The molecule has 0 amide bonds. The molecule has 2 nitrogen and oxygen atoms in total. The van der Waals surface area contributed by atoms with E-state index in [-0.39, 0.29) is 12.4 Å². The van der Waals surface area contributed by atoms with Crippen molar-refractivity contribution in [2.75, 3.05) is 26.2 Å². The Kier molecular flexibility index (Phi) is 5.13. The van der Waals surface area contributed by atoms with E-state index in [0.29, 0.717) is 0 Å². The van der Waals surface area contributed by atoms with E-state index in [0.717, 1.165) is 17.9 Å². The third-order valence-electron chi connectivity index (χ3n) is 5.13. The Bertz CT molecular complexity index is 224. The van der Waals surface area contributed by atoms with Gasteiger partial charge in [-0.3, -0.25) is 0 Å². The first-order chi connectivity index (χ1) is 7.93. The Hall–Kier alpha value is 0.210. The van der Waals surface area contributed by atoms with Gasteiger partial charge in [0.25, 0.3) is 0 Å². The largest absolute Gasteiger partial charge is 0.317 e. The number of nitrogens with one attached hydrogen (secondary N) is 1. The van der Waals surface area contributed by atoms with E-state index >= 15 is 0 Å². The maximum Gasteiger partial charge on any atom is 0.0119 e. The van der Waals surface area contributed by atoms with Crippen molar-refractivity contribution >= 4 is 12.4 Å². The van der Waals surface area contributed by atoms with Crippen LogP contribution in [0.15, 0.2) is 0 Å². The average Bonchev–Trinajstić information content (AvgIpc) is 2.28. The molecule has 1 unspecified atom stereocenters. The van der Waals surface area contributed by atoms with E-state index in [2.05, 4.69) is 10.2 Å². The molecular formula is C14H27ClN2. The zero-order valence-electron chi connectivity index (χ0n) is 10.9. The number of hydrogen-bond donors (Lipinski definition) is 1. The Balaban J connectivity index is 0.00000108. The monoisotopic (exact) mass is 258 g/mol. The van der Waals surface area contributed by atoms with Gasteiger partial charge in [0.1, 0.15) is 0 Å². The molecule has 17 heavy (non-hydrogen) atoms. The van der Waals surface area contributed by atoms with Gasteiger partial charge in [-0.2, -0.15) is 0 Å². The van der Waals surface area contributed by atoms with Crippen LogP contribution in [0.2, 0.25) is 0 Å². The zero-order chi connectivity index (χ0) is 10.8. The van der Waals surface area contributed by atoms with Gasteiger partial charge < -0.3 is 10.2 Å². The topological polar surface area (TPSA) is 15.3 Å². The van der Waals surface area contributed by atoms with E-state index in [1.54, 1.807) is 0 Å². The van der Waals surface area contributed by atoms with E-state index < -0.39 is 0 Å². The molecule has 3 heteroatoms. The lowest BCUT2D eigenvalue weighted by molar-refractivity contribution is 0.0569. The summed E-state index contributed by atoms with van der Waals surface area (Å²) in [6.07, 6.45) is 10.3. The van der Waals surface area contributed by atoms with Crippen LogP contribution in [0, 0.1) is 11.8 Å². The molecule has 0 spiro atoms. The van der Waals surface area contributed by atoms with E-state index in [9.17, 15) is 0 Å². The summed E-state index contributed by atoms with van der Waals surface area (Å²) in [5.41, 5.74) is 0. The third-order valence-corrected chi connectivity index (χ3v) is 5.13. The number of rotatable bonds is 2. The van der Waals surface area contributed by atoms with Crippen molar-refractivity contribution in [3.8, 4) is 0 Å². The van der Waals surface area contributed by atoms with Crippen LogP contribution in [0.5, 0.6) is 0 Å². The fraction of sp³-hybridized carbons (Fsp3) is 1.00. The van der Waals surface area contributed by atoms with Gasteiger partial charge in [-0.1, -0.05) is 19.3 Å². The van der Waals surface area contributed by atoms with Crippen LogP contribution in [-0.2, 0) is 0 Å². The Morgan fingerprint density at radius 2 is 1.53 bits per heavy atom. The molecule has 0 bridgehead atoms. The normalized spacial score (nSPS) is 32.8. The minimum Gasteiger partial charge on any atom is -0.317 e. The summed E-state index contributed by atoms with van der Waals surface area (Å²) in [6, 6.07) is 0.907. The maximum atomic E-state index is 3.48. The lowest BCUT2D eigenvalue weighted by Crippen LogP contribution is -2.49. The summed E-state index contributed by atoms with van der Waals surface area (Å²) in [4.78, 5) is 2.83. The Morgan fingerprint density at radius 3 is 2.18 bits per heavy atom. The molecule has 2 heterocycles. The highest BCUT2D eigenvalue weighted by molar-refractivity contribution is 5.85. The molecule has 1 aliphatic carbocycles. The van der Waals surface area contributed by atoms with Crippen molar-refractivity contribution in [1.29, 1.82) is 0 Å². The van der Waals surface area contributed by atoms with E-state index in [1.165, 1.54) is 71.1 Å². The summed E-state index contributed by atoms with van der Waals surface area (Å²) in [7, 11) is 0. The fourth-order valence-corrected chi connectivity index (χ4v) is 3.84. The third kappa shape index (κ3) is 3.15. The van der Waals surface area contributed by atoms with Crippen molar-refractivity contribution in [3.63, 3.8) is 0 Å². The fourth-order valence-electron chi connectivity index (χ4n) is 3.84. The van der Waals surface area contributed by atoms with Gasteiger partial charge in [0, 0.05) is 12.6 Å². The van der Waals surface area contributed by atoms with Gasteiger partial charge in [0.15, 0.2) is 0 Å². The smallest absolute Gasteiger partial charge is 0.0119 e. The van der Waals surface area contributed by atoms with Crippen LogP contribution in [0.25, 0.3) is 0 Å². The quantitative estimate of drug-likeness (QED) is 0.819. The molecule has 1 atom stereocenters. The summed E-state index contributed by atoms with van der Waals surface area (Å²) < 4.78 is 0. The highest BCUT2D eigenvalue weighted by atomic mass is 35.5. The molecule has 2 saturated heterocycles. The molecule has 100 valence electrons. The number of piperidine rings is 2. The van der Waals surface area contributed by atoms with Crippen LogP contribution in [0.3, 0.4) is 0 Å². The van der Waals surface area contributed by atoms with Crippen molar-refractivity contribution in [1.82, 2.24) is 10.2 Å². The van der Waals surface area contributed by atoms with Crippen molar-refractivity contribution < 1.29 is 0 Å². The second-order valence-corrected chi connectivity index (χ2v) is 6.07. The summed E-state index contributed by atoms with van der Waals surface area (Å²) in [6.45, 7) is 5.30. The minimum atomic E-state index is 0. The first kappa shape index (κ1) is 13.6. The molecule has 3 aliphatic rings. The maximum absolute atomic E-state index is 3.48. The molecule has 1 saturated carbocycles. The van der Waals surface area contributed by atoms with Crippen molar-refractivity contribution in [3.05, 3.63) is 0 Å². The molecule has 0 aromatic heterocycles. The summed E-state index contributed by atoms with van der Waals surface area (Å²) in [5, 5.41) is 3.48. The molecule has 1 N–H and O–H groups in total. The van der Waals surface area contributed by atoms with Crippen molar-refractivity contribution in [2.45, 2.75) is 51.0 Å². The summed E-state index contributed by atoms with van der Waals surface area (Å²) in [5.74, 6) is 2.15. The predicted molar refractivity (Wildman–Crippen MR) is 74.8 cm³/mol. The van der Waals surface area contributed by atoms with Crippen LogP contribution in [-0.4, -0.2) is 37.1 Å². The highest BCUT2D eigenvalue weighted by Crippen LogP contribution is 2.38. The average molecular weight is 259 g/mol. The second-order valence-electron chi connectivity index (χ2n) is 6.07. The predicted octanol–water partition coefficient (Wildman–Crippen LogP) is 2.67. The SMILES string of the molecule is C1CC(C2CCCN(C3CCNCC3)C2)C1.Cl. The Labute approximate surface area is 112 Å². The van der Waals surface area contributed by atoms with E-state index in [4.69, 9.17) is 0 Å².